The third kappa shape index (κ3) is 1.19. The normalized spacial score (nSPS) is 41.9. The summed E-state index contributed by atoms with van der Waals surface area (Å²) in [5.41, 5.74) is -0.211. The molecule has 2 nitrogen and oxygen atoms in total. The minimum Gasteiger partial charge on any atom is -0.435 e. The molecular formula is C11H16O2. The zero-order valence-electron chi connectivity index (χ0n) is 8.08. The van der Waals surface area contributed by atoms with E-state index < -0.39 is 0 Å². The van der Waals surface area contributed by atoms with Crippen molar-refractivity contribution in [1.82, 2.24) is 0 Å². The van der Waals surface area contributed by atoms with Crippen LogP contribution in [0.25, 0.3) is 0 Å². The number of esters is 1. The van der Waals surface area contributed by atoms with E-state index in [4.69, 9.17) is 4.74 Å². The van der Waals surface area contributed by atoms with Crippen LogP contribution >= 0.6 is 0 Å². The number of ether oxygens (including phenoxy) is 1. The standard InChI is InChI=1S/C11H16O2/c1-3-13-10(12)11(2)7-8-4-5-9(11)6-8/h3,8-9H,1,4-7H2,2H3. The molecule has 2 rings (SSSR count). The van der Waals surface area contributed by atoms with E-state index in [0.29, 0.717) is 5.92 Å². The summed E-state index contributed by atoms with van der Waals surface area (Å²) in [6, 6.07) is 0. The lowest BCUT2D eigenvalue weighted by Crippen LogP contribution is -2.34. The topological polar surface area (TPSA) is 26.3 Å². The van der Waals surface area contributed by atoms with Gasteiger partial charge in [0.05, 0.1) is 11.7 Å². The van der Waals surface area contributed by atoms with E-state index in [-0.39, 0.29) is 11.4 Å². The minimum atomic E-state index is -0.211. The van der Waals surface area contributed by atoms with Crippen LogP contribution in [0.15, 0.2) is 12.8 Å². The second kappa shape index (κ2) is 2.86. The van der Waals surface area contributed by atoms with Crippen LogP contribution < -0.4 is 0 Å². The Morgan fingerprint density at radius 2 is 2.38 bits per heavy atom. The van der Waals surface area contributed by atoms with Gasteiger partial charge < -0.3 is 4.74 Å². The van der Waals surface area contributed by atoms with Crippen LogP contribution in [0, 0.1) is 17.3 Å². The van der Waals surface area contributed by atoms with Gasteiger partial charge in [-0.1, -0.05) is 13.0 Å². The van der Waals surface area contributed by atoms with Crippen molar-refractivity contribution in [3.05, 3.63) is 12.8 Å². The van der Waals surface area contributed by atoms with Crippen LogP contribution in [-0.4, -0.2) is 5.97 Å². The van der Waals surface area contributed by atoms with Crippen molar-refractivity contribution in [2.45, 2.75) is 32.6 Å². The van der Waals surface area contributed by atoms with Gasteiger partial charge in [0, 0.05) is 0 Å². The molecule has 0 aromatic heterocycles. The zero-order valence-corrected chi connectivity index (χ0v) is 8.08. The third-order valence-corrected chi connectivity index (χ3v) is 3.81. The molecule has 2 heteroatoms. The summed E-state index contributed by atoms with van der Waals surface area (Å²) < 4.78 is 4.91. The second-order valence-corrected chi connectivity index (χ2v) is 4.57. The summed E-state index contributed by atoms with van der Waals surface area (Å²) >= 11 is 0. The van der Waals surface area contributed by atoms with Gasteiger partial charge in [-0.05, 0) is 38.0 Å². The van der Waals surface area contributed by atoms with Crippen LogP contribution in [0.1, 0.15) is 32.6 Å². The van der Waals surface area contributed by atoms with Crippen LogP contribution in [0.5, 0.6) is 0 Å². The Morgan fingerprint density at radius 1 is 1.62 bits per heavy atom. The summed E-state index contributed by atoms with van der Waals surface area (Å²) in [6.45, 7) is 5.47. The molecule has 3 atom stereocenters. The Hall–Kier alpha value is -0.790. The van der Waals surface area contributed by atoms with Gasteiger partial charge in [-0.3, -0.25) is 4.79 Å². The summed E-state index contributed by atoms with van der Waals surface area (Å²) in [5.74, 6) is 1.26. The summed E-state index contributed by atoms with van der Waals surface area (Å²) in [6.07, 6.45) is 6.00. The average Bonchev–Trinajstić information content (AvgIpc) is 2.64. The molecule has 0 N–H and O–H groups in total. The molecule has 0 amide bonds. The smallest absolute Gasteiger partial charge is 0.316 e. The number of hydrogen-bond acceptors (Lipinski definition) is 2. The van der Waals surface area contributed by atoms with Crippen LogP contribution in [-0.2, 0) is 9.53 Å². The Balaban J connectivity index is 2.12. The first-order valence-corrected chi connectivity index (χ1v) is 4.99. The van der Waals surface area contributed by atoms with Crippen LogP contribution in [0.2, 0.25) is 0 Å². The van der Waals surface area contributed by atoms with Gasteiger partial charge in [-0.2, -0.15) is 0 Å². The van der Waals surface area contributed by atoms with Gasteiger partial charge in [0.2, 0.25) is 0 Å². The highest BCUT2D eigenvalue weighted by Gasteiger charge is 2.53. The lowest BCUT2D eigenvalue weighted by atomic mass is 9.75. The van der Waals surface area contributed by atoms with E-state index in [2.05, 4.69) is 6.58 Å². The fourth-order valence-electron chi connectivity index (χ4n) is 3.07. The van der Waals surface area contributed by atoms with E-state index in [1.54, 1.807) is 0 Å². The molecular weight excluding hydrogens is 164 g/mol. The Morgan fingerprint density at radius 3 is 2.85 bits per heavy atom. The fourth-order valence-corrected chi connectivity index (χ4v) is 3.07. The highest BCUT2D eigenvalue weighted by Crippen LogP contribution is 2.56. The molecule has 2 aliphatic rings. The molecule has 3 unspecified atom stereocenters. The Kier molecular flexibility index (Phi) is 1.94. The molecule has 0 aliphatic heterocycles. The molecule has 2 fully saturated rings. The number of hydrogen-bond donors (Lipinski definition) is 0. The quantitative estimate of drug-likeness (QED) is 0.482. The van der Waals surface area contributed by atoms with Crippen molar-refractivity contribution in [2.75, 3.05) is 0 Å². The number of carbonyl (C=O) groups excluding carboxylic acids is 1. The van der Waals surface area contributed by atoms with Crippen LogP contribution in [0.3, 0.4) is 0 Å². The molecule has 0 radical (unpaired) electrons. The summed E-state index contributed by atoms with van der Waals surface area (Å²) in [4.78, 5) is 11.7. The van der Waals surface area contributed by atoms with Gasteiger partial charge in [0.25, 0.3) is 0 Å². The maximum atomic E-state index is 11.7. The second-order valence-electron chi connectivity index (χ2n) is 4.57. The molecule has 0 saturated heterocycles. The first kappa shape index (κ1) is 8.79. The highest BCUT2D eigenvalue weighted by atomic mass is 16.5. The van der Waals surface area contributed by atoms with E-state index in [1.165, 1.54) is 25.5 Å². The summed E-state index contributed by atoms with van der Waals surface area (Å²) in [5, 5.41) is 0. The third-order valence-electron chi connectivity index (χ3n) is 3.81. The highest BCUT2D eigenvalue weighted by molar-refractivity contribution is 5.78. The van der Waals surface area contributed by atoms with Gasteiger partial charge in [-0.15, -0.1) is 0 Å². The maximum Gasteiger partial charge on any atom is 0.316 e. The van der Waals surface area contributed by atoms with Crippen molar-refractivity contribution in [3.63, 3.8) is 0 Å². The van der Waals surface area contributed by atoms with Crippen molar-refractivity contribution >= 4 is 5.97 Å². The molecule has 2 saturated carbocycles. The zero-order chi connectivity index (χ0) is 9.47. The predicted molar refractivity (Wildman–Crippen MR) is 49.8 cm³/mol. The van der Waals surface area contributed by atoms with E-state index >= 15 is 0 Å². The molecule has 72 valence electrons. The molecule has 13 heavy (non-hydrogen) atoms. The van der Waals surface area contributed by atoms with Crippen molar-refractivity contribution in [3.8, 4) is 0 Å². The largest absolute Gasteiger partial charge is 0.435 e. The first-order chi connectivity index (χ1) is 6.16. The maximum absolute atomic E-state index is 11.7. The first-order valence-electron chi connectivity index (χ1n) is 4.99. The predicted octanol–water partition coefficient (Wildman–Crippen LogP) is 2.50. The van der Waals surface area contributed by atoms with E-state index in [0.717, 1.165) is 12.3 Å². The van der Waals surface area contributed by atoms with E-state index in [1.807, 2.05) is 6.92 Å². The minimum absolute atomic E-state index is 0.0744. The fraction of sp³-hybridized carbons (Fsp3) is 0.727. The molecule has 0 aromatic rings. The van der Waals surface area contributed by atoms with Gasteiger partial charge in [0.1, 0.15) is 0 Å². The molecule has 0 aromatic carbocycles. The monoisotopic (exact) mass is 180 g/mol. The van der Waals surface area contributed by atoms with Gasteiger partial charge in [-0.25, -0.2) is 0 Å². The van der Waals surface area contributed by atoms with E-state index in [9.17, 15) is 4.79 Å². The van der Waals surface area contributed by atoms with Crippen molar-refractivity contribution in [2.24, 2.45) is 17.3 Å². The lowest BCUT2D eigenvalue weighted by Gasteiger charge is -2.30. The molecule has 0 heterocycles. The number of carbonyl (C=O) groups is 1. The molecule has 2 aliphatic carbocycles. The lowest BCUT2D eigenvalue weighted by molar-refractivity contribution is -0.152. The SMILES string of the molecule is C=COC(=O)C1(C)CC2CCC1C2. The van der Waals surface area contributed by atoms with Crippen molar-refractivity contribution < 1.29 is 9.53 Å². The van der Waals surface area contributed by atoms with Gasteiger partial charge in [0.15, 0.2) is 0 Å². The molecule has 2 bridgehead atoms. The summed E-state index contributed by atoms with van der Waals surface area (Å²) in [7, 11) is 0. The van der Waals surface area contributed by atoms with Crippen molar-refractivity contribution in [1.29, 1.82) is 0 Å². The number of rotatable bonds is 2. The molecule has 0 spiro atoms. The Bertz CT molecular complexity index is 246. The Labute approximate surface area is 79.0 Å². The van der Waals surface area contributed by atoms with Crippen LogP contribution in [0.4, 0.5) is 0 Å². The average molecular weight is 180 g/mol. The number of fused-ring (bicyclic) bond motifs is 2. The van der Waals surface area contributed by atoms with Gasteiger partial charge >= 0.3 is 5.97 Å².